The molecule has 9 nitrogen and oxygen atoms in total. The molecule has 0 bridgehead atoms. The van der Waals surface area contributed by atoms with Crippen LogP contribution in [0.2, 0.25) is 0 Å². The number of carbonyl (C=O) groups is 4. The van der Waals surface area contributed by atoms with Crippen molar-refractivity contribution in [2.24, 2.45) is 5.84 Å². The molecule has 2 N–H and O–H groups in total. The van der Waals surface area contributed by atoms with Gasteiger partial charge in [-0.05, 0) is 52.0 Å². The van der Waals surface area contributed by atoms with Gasteiger partial charge in [0.25, 0.3) is 11.8 Å². The number of carbonyl (C=O) groups excluding carboxylic acids is 4. The van der Waals surface area contributed by atoms with E-state index in [0.717, 1.165) is 10.6 Å². The number of hydrazine groups is 2. The van der Waals surface area contributed by atoms with Gasteiger partial charge in [-0.15, -0.1) is 5.17 Å². The zero-order valence-corrected chi connectivity index (χ0v) is 18.2. The van der Waals surface area contributed by atoms with Crippen LogP contribution in [0.4, 0.5) is 0 Å². The number of hydrogen-bond acceptors (Lipinski definition) is 6. The summed E-state index contributed by atoms with van der Waals surface area (Å²) in [5.41, 5.74) is 0.247. The van der Waals surface area contributed by atoms with Crippen molar-refractivity contribution in [1.29, 1.82) is 0 Å². The smallest absolute Gasteiger partial charge is 0.267 e. The number of benzene rings is 2. The van der Waals surface area contributed by atoms with Gasteiger partial charge < -0.3 is 0 Å². The average molecular weight is 426 g/mol. The third kappa shape index (κ3) is 5.33. The molecule has 31 heavy (non-hydrogen) atoms. The van der Waals surface area contributed by atoms with E-state index < -0.39 is 29.2 Å². The highest BCUT2D eigenvalue weighted by atomic mass is 16.7. The fourth-order valence-corrected chi connectivity index (χ4v) is 2.73. The number of nitrogens with two attached hydrogens (primary N) is 1. The van der Waals surface area contributed by atoms with Crippen LogP contribution >= 0.6 is 0 Å². The molecule has 0 aliphatic heterocycles. The molecule has 4 amide bonds. The van der Waals surface area contributed by atoms with Crippen molar-refractivity contribution in [3.8, 4) is 0 Å². The van der Waals surface area contributed by atoms with Crippen molar-refractivity contribution in [1.82, 2.24) is 15.2 Å². The Bertz CT molecular complexity index is 968. The standard InChI is InChI=1S/C22H26N4O5/c1-15-11-13-17(14-12-15)19(28)26(31-5)25(22(2,3)4)21(30)20(29)24(23)18(27)16-9-7-6-8-10-16/h6-14H,23H2,1-5H3. The van der Waals surface area contributed by atoms with E-state index in [0.29, 0.717) is 5.17 Å². The minimum Gasteiger partial charge on any atom is -0.267 e. The van der Waals surface area contributed by atoms with Gasteiger partial charge in [-0.1, -0.05) is 35.9 Å². The summed E-state index contributed by atoms with van der Waals surface area (Å²) in [5, 5.41) is 1.74. The summed E-state index contributed by atoms with van der Waals surface area (Å²) in [5.74, 6) is 1.61. The lowest BCUT2D eigenvalue weighted by atomic mass is 10.1. The Hall–Kier alpha value is -3.56. The maximum absolute atomic E-state index is 13.1. The van der Waals surface area contributed by atoms with Gasteiger partial charge in [-0.2, -0.15) is 0 Å². The number of nitrogens with zero attached hydrogens (tertiary/aromatic N) is 3. The number of amides is 4. The monoisotopic (exact) mass is 426 g/mol. The molecule has 0 unspecified atom stereocenters. The second kappa shape index (κ2) is 9.50. The van der Waals surface area contributed by atoms with Crippen LogP contribution in [0.3, 0.4) is 0 Å². The van der Waals surface area contributed by atoms with Gasteiger partial charge in [-0.3, -0.25) is 24.0 Å². The SMILES string of the molecule is CON(C(=O)c1ccc(C)cc1)N(C(=O)C(=O)N(N)C(=O)c1ccccc1)C(C)(C)C. The van der Waals surface area contributed by atoms with Crippen LogP contribution in [0.5, 0.6) is 0 Å². The Balaban J connectivity index is 2.36. The van der Waals surface area contributed by atoms with E-state index in [1.807, 2.05) is 6.92 Å². The molecule has 0 heterocycles. The largest absolute Gasteiger partial charge is 0.335 e. The molecule has 2 rings (SSSR count). The van der Waals surface area contributed by atoms with E-state index in [-0.39, 0.29) is 16.1 Å². The predicted octanol–water partition coefficient (Wildman–Crippen LogP) is 2.08. The highest BCUT2D eigenvalue weighted by Crippen LogP contribution is 2.21. The maximum Gasteiger partial charge on any atom is 0.335 e. The van der Waals surface area contributed by atoms with Crippen LogP contribution in [0.15, 0.2) is 54.6 Å². The second-order valence-electron chi connectivity index (χ2n) is 7.76. The summed E-state index contributed by atoms with van der Waals surface area (Å²) in [4.78, 5) is 56.5. The van der Waals surface area contributed by atoms with E-state index in [4.69, 9.17) is 10.7 Å². The van der Waals surface area contributed by atoms with Gasteiger partial charge in [0.2, 0.25) is 0 Å². The van der Waals surface area contributed by atoms with Crippen LogP contribution in [0.1, 0.15) is 47.1 Å². The lowest BCUT2D eigenvalue weighted by Crippen LogP contribution is -2.62. The zero-order chi connectivity index (χ0) is 23.3. The van der Waals surface area contributed by atoms with Gasteiger partial charge in [0.05, 0.1) is 12.6 Å². The van der Waals surface area contributed by atoms with Crippen molar-refractivity contribution in [3.05, 3.63) is 71.3 Å². The fraction of sp³-hybridized carbons (Fsp3) is 0.273. The van der Waals surface area contributed by atoms with Crippen LogP contribution in [-0.4, -0.2) is 51.5 Å². The molecule has 0 aromatic heterocycles. The predicted molar refractivity (Wildman–Crippen MR) is 113 cm³/mol. The first-order valence-corrected chi connectivity index (χ1v) is 9.47. The molecule has 0 atom stereocenters. The van der Waals surface area contributed by atoms with E-state index in [2.05, 4.69) is 0 Å². The topological polar surface area (TPSA) is 113 Å². The van der Waals surface area contributed by atoms with Crippen molar-refractivity contribution in [2.75, 3.05) is 7.11 Å². The number of aryl methyl sites for hydroxylation is 1. The third-order valence-electron chi connectivity index (χ3n) is 4.30. The van der Waals surface area contributed by atoms with Gasteiger partial charge in [-0.25, -0.2) is 15.9 Å². The van der Waals surface area contributed by atoms with Crippen molar-refractivity contribution < 1.29 is 24.0 Å². The number of hydroxylamine groups is 1. The number of rotatable bonds is 3. The van der Waals surface area contributed by atoms with E-state index in [9.17, 15) is 19.2 Å². The summed E-state index contributed by atoms with van der Waals surface area (Å²) in [7, 11) is 1.19. The summed E-state index contributed by atoms with van der Waals surface area (Å²) in [6.45, 7) is 6.68. The molecule has 9 heteroatoms. The zero-order valence-electron chi connectivity index (χ0n) is 18.2. The molecule has 0 fully saturated rings. The molecule has 0 saturated heterocycles. The van der Waals surface area contributed by atoms with Gasteiger partial charge in [0.1, 0.15) is 0 Å². The van der Waals surface area contributed by atoms with Gasteiger partial charge in [0.15, 0.2) is 0 Å². The quantitative estimate of drug-likeness (QED) is 0.348. The molecule has 0 aliphatic carbocycles. The Morgan fingerprint density at radius 3 is 1.81 bits per heavy atom. The third-order valence-corrected chi connectivity index (χ3v) is 4.30. The first-order chi connectivity index (χ1) is 14.5. The van der Waals surface area contributed by atoms with Crippen LogP contribution < -0.4 is 5.84 Å². The summed E-state index contributed by atoms with van der Waals surface area (Å²) >= 11 is 0. The van der Waals surface area contributed by atoms with Crippen molar-refractivity contribution in [2.45, 2.75) is 33.2 Å². The van der Waals surface area contributed by atoms with Crippen LogP contribution in [-0.2, 0) is 14.4 Å². The molecular weight excluding hydrogens is 400 g/mol. The van der Waals surface area contributed by atoms with Gasteiger partial charge in [0, 0.05) is 11.1 Å². The molecule has 2 aromatic rings. The van der Waals surface area contributed by atoms with E-state index in [1.165, 1.54) is 19.2 Å². The first-order valence-electron chi connectivity index (χ1n) is 9.47. The molecule has 164 valence electrons. The molecule has 2 aromatic carbocycles. The molecular formula is C22H26N4O5. The van der Waals surface area contributed by atoms with Crippen LogP contribution in [0.25, 0.3) is 0 Å². The number of imide groups is 1. The Morgan fingerprint density at radius 2 is 1.32 bits per heavy atom. The molecule has 0 aliphatic rings. The Morgan fingerprint density at radius 1 is 0.806 bits per heavy atom. The second-order valence-corrected chi connectivity index (χ2v) is 7.76. The van der Waals surface area contributed by atoms with Gasteiger partial charge >= 0.3 is 11.8 Å². The fourth-order valence-electron chi connectivity index (χ4n) is 2.73. The minimum atomic E-state index is -1.32. The maximum atomic E-state index is 13.1. The first kappa shape index (κ1) is 23.7. The Kier molecular flexibility index (Phi) is 7.27. The summed E-state index contributed by atoms with van der Waals surface area (Å²) in [6.07, 6.45) is 0. The lowest BCUT2D eigenvalue weighted by molar-refractivity contribution is -0.247. The van der Waals surface area contributed by atoms with E-state index >= 15 is 0 Å². The van der Waals surface area contributed by atoms with Crippen LogP contribution in [0, 0.1) is 6.92 Å². The highest BCUT2D eigenvalue weighted by molar-refractivity contribution is 6.38. The molecule has 0 spiro atoms. The van der Waals surface area contributed by atoms with Crippen molar-refractivity contribution >= 4 is 23.6 Å². The van der Waals surface area contributed by atoms with Crippen molar-refractivity contribution in [3.63, 3.8) is 0 Å². The highest BCUT2D eigenvalue weighted by Gasteiger charge is 2.41. The normalized spacial score (nSPS) is 10.9. The summed E-state index contributed by atoms with van der Waals surface area (Å²) in [6, 6.07) is 14.4. The molecule has 0 radical (unpaired) electrons. The average Bonchev–Trinajstić information content (AvgIpc) is 2.75. The van der Waals surface area contributed by atoms with E-state index in [1.54, 1.807) is 63.2 Å². The summed E-state index contributed by atoms with van der Waals surface area (Å²) < 4.78 is 0. The minimum absolute atomic E-state index is 0.132. The molecule has 0 saturated carbocycles. The lowest BCUT2D eigenvalue weighted by Gasteiger charge is -2.41. The number of hydrogen-bond donors (Lipinski definition) is 1. The Labute approximate surface area is 180 Å².